The van der Waals surface area contributed by atoms with E-state index in [4.69, 9.17) is 9.47 Å². The number of thiazole rings is 1. The number of fused-ring (bicyclic) bond motifs is 1. The van der Waals surface area contributed by atoms with Crippen molar-refractivity contribution in [3.05, 3.63) is 29.8 Å². The molecule has 0 saturated heterocycles. The van der Waals surface area contributed by atoms with E-state index in [1.807, 2.05) is 18.2 Å². The SMILES string of the molecule is COc1ccc2nc(NC(=O)CCC(=O)OCCC(C)CCC=C(C)C)sc2c1. The van der Waals surface area contributed by atoms with Crippen LogP contribution in [-0.2, 0) is 14.3 Å². The third kappa shape index (κ3) is 8.23. The lowest BCUT2D eigenvalue weighted by molar-refractivity contribution is -0.145. The van der Waals surface area contributed by atoms with Crippen molar-refractivity contribution < 1.29 is 19.1 Å². The lowest BCUT2D eigenvalue weighted by atomic mass is 10.0. The number of ether oxygens (including phenoxy) is 2. The van der Waals surface area contributed by atoms with Crippen LogP contribution in [0.15, 0.2) is 29.8 Å². The van der Waals surface area contributed by atoms with Crippen LogP contribution >= 0.6 is 11.3 Å². The molecule has 1 amide bonds. The van der Waals surface area contributed by atoms with Crippen LogP contribution in [0.4, 0.5) is 5.13 Å². The molecule has 0 radical (unpaired) electrons. The summed E-state index contributed by atoms with van der Waals surface area (Å²) in [5, 5.41) is 3.26. The van der Waals surface area contributed by atoms with E-state index in [0.717, 1.165) is 35.2 Å². The van der Waals surface area contributed by atoms with E-state index in [2.05, 4.69) is 37.1 Å². The fourth-order valence-corrected chi connectivity index (χ4v) is 3.64. The maximum Gasteiger partial charge on any atom is 0.306 e. The van der Waals surface area contributed by atoms with Gasteiger partial charge in [0.05, 0.1) is 30.4 Å². The van der Waals surface area contributed by atoms with E-state index >= 15 is 0 Å². The zero-order valence-electron chi connectivity index (χ0n) is 17.6. The number of aromatic nitrogens is 1. The second kappa shape index (κ2) is 11.6. The number of amides is 1. The van der Waals surface area contributed by atoms with Crippen molar-refractivity contribution in [2.24, 2.45) is 5.92 Å². The molecule has 0 spiro atoms. The molecule has 0 bridgehead atoms. The molecule has 6 nitrogen and oxygen atoms in total. The fourth-order valence-electron chi connectivity index (χ4n) is 2.73. The number of benzene rings is 1. The minimum Gasteiger partial charge on any atom is -0.497 e. The molecule has 7 heteroatoms. The lowest BCUT2D eigenvalue weighted by Gasteiger charge is -2.10. The molecule has 1 aromatic heterocycles. The number of carbonyl (C=O) groups is 2. The number of esters is 1. The Kier molecular flexibility index (Phi) is 9.12. The Bertz CT molecular complexity index is 856. The molecule has 0 aliphatic heterocycles. The highest BCUT2D eigenvalue weighted by molar-refractivity contribution is 7.22. The van der Waals surface area contributed by atoms with Crippen molar-refractivity contribution in [3.63, 3.8) is 0 Å². The van der Waals surface area contributed by atoms with Crippen LogP contribution in [0.1, 0.15) is 52.9 Å². The molecule has 1 atom stereocenters. The normalized spacial score (nSPS) is 11.7. The number of rotatable bonds is 11. The first kappa shape index (κ1) is 22.9. The van der Waals surface area contributed by atoms with Crippen LogP contribution in [-0.4, -0.2) is 30.6 Å². The largest absolute Gasteiger partial charge is 0.497 e. The third-order valence-corrected chi connectivity index (χ3v) is 5.42. The van der Waals surface area contributed by atoms with E-state index in [0.29, 0.717) is 17.7 Å². The molecule has 29 heavy (non-hydrogen) atoms. The molecule has 1 unspecified atom stereocenters. The van der Waals surface area contributed by atoms with E-state index in [1.165, 1.54) is 16.9 Å². The first-order valence-electron chi connectivity index (χ1n) is 9.90. The molecule has 1 heterocycles. The summed E-state index contributed by atoms with van der Waals surface area (Å²) in [6, 6.07) is 5.55. The van der Waals surface area contributed by atoms with Gasteiger partial charge in [-0.05, 0) is 57.2 Å². The van der Waals surface area contributed by atoms with E-state index in [9.17, 15) is 9.59 Å². The lowest BCUT2D eigenvalue weighted by Crippen LogP contribution is -2.15. The van der Waals surface area contributed by atoms with Crippen molar-refractivity contribution in [3.8, 4) is 5.75 Å². The van der Waals surface area contributed by atoms with Crippen molar-refractivity contribution in [2.45, 2.75) is 52.9 Å². The van der Waals surface area contributed by atoms with Crippen molar-refractivity contribution >= 4 is 38.6 Å². The van der Waals surface area contributed by atoms with Crippen LogP contribution in [0.2, 0.25) is 0 Å². The molecule has 1 N–H and O–H groups in total. The molecule has 0 aliphatic rings. The van der Waals surface area contributed by atoms with Gasteiger partial charge in [0.15, 0.2) is 5.13 Å². The average Bonchev–Trinajstić information content (AvgIpc) is 3.07. The molecule has 0 saturated carbocycles. The van der Waals surface area contributed by atoms with E-state index in [1.54, 1.807) is 7.11 Å². The van der Waals surface area contributed by atoms with Crippen LogP contribution in [0.3, 0.4) is 0 Å². The van der Waals surface area contributed by atoms with Crippen molar-refractivity contribution in [1.82, 2.24) is 4.98 Å². The summed E-state index contributed by atoms with van der Waals surface area (Å²) in [7, 11) is 1.61. The average molecular weight is 419 g/mol. The topological polar surface area (TPSA) is 77.5 Å². The maximum absolute atomic E-state index is 12.1. The van der Waals surface area contributed by atoms with Gasteiger partial charge in [-0.1, -0.05) is 29.9 Å². The fraction of sp³-hybridized carbons (Fsp3) is 0.500. The first-order valence-corrected chi connectivity index (χ1v) is 10.7. The Balaban J connectivity index is 1.67. The smallest absolute Gasteiger partial charge is 0.306 e. The van der Waals surface area contributed by atoms with Gasteiger partial charge in [0.25, 0.3) is 0 Å². The standard InChI is InChI=1S/C22H30N2O4S/c1-15(2)6-5-7-16(3)12-13-28-21(26)11-10-20(25)24-22-23-18-9-8-17(27-4)14-19(18)29-22/h6,8-9,14,16H,5,7,10-13H2,1-4H3,(H,23,24,25). The quantitative estimate of drug-likeness (QED) is 0.394. The number of nitrogens with one attached hydrogen (secondary N) is 1. The minimum absolute atomic E-state index is 0.0662. The molecule has 2 aromatic rings. The number of anilines is 1. The number of hydrogen-bond donors (Lipinski definition) is 1. The maximum atomic E-state index is 12.1. The number of allylic oxidation sites excluding steroid dienone is 2. The molecular formula is C22H30N2O4S. The summed E-state index contributed by atoms with van der Waals surface area (Å²) in [6.45, 7) is 6.75. The molecule has 1 aromatic carbocycles. The summed E-state index contributed by atoms with van der Waals surface area (Å²) >= 11 is 1.37. The molecule has 2 rings (SSSR count). The number of methoxy groups -OCH3 is 1. The summed E-state index contributed by atoms with van der Waals surface area (Å²) in [4.78, 5) is 28.3. The van der Waals surface area contributed by atoms with Gasteiger partial charge in [0.2, 0.25) is 5.91 Å². The highest BCUT2D eigenvalue weighted by Gasteiger charge is 2.12. The van der Waals surface area contributed by atoms with Gasteiger partial charge < -0.3 is 14.8 Å². The Hall–Kier alpha value is -2.41. The Morgan fingerprint density at radius 1 is 1.24 bits per heavy atom. The van der Waals surface area contributed by atoms with E-state index < -0.39 is 0 Å². The number of carbonyl (C=O) groups excluding carboxylic acids is 2. The van der Waals surface area contributed by atoms with E-state index in [-0.39, 0.29) is 24.7 Å². The Morgan fingerprint density at radius 2 is 2.03 bits per heavy atom. The summed E-state index contributed by atoms with van der Waals surface area (Å²) in [5.74, 6) is 0.654. The number of nitrogens with zero attached hydrogens (tertiary/aromatic N) is 1. The van der Waals surface area contributed by atoms with Crippen molar-refractivity contribution in [2.75, 3.05) is 19.0 Å². The predicted molar refractivity (Wildman–Crippen MR) is 117 cm³/mol. The third-order valence-electron chi connectivity index (χ3n) is 4.48. The van der Waals surface area contributed by atoms with Crippen LogP contribution in [0.25, 0.3) is 10.2 Å². The minimum atomic E-state index is -0.342. The highest BCUT2D eigenvalue weighted by Crippen LogP contribution is 2.29. The summed E-state index contributed by atoms with van der Waals surface area (Å²) < 4.78 is 11.4. The summed E-state index contributed by atoms with van der Waals surface area (Å²) in [6.07, 6.45) is 5.34. The Labute approximate surface area is 176 Å². The van der Waals surface area contributed by atoms with Gasteiger partial charge in [0.1, 0.15) is 5.75 Å². The highest BCUT2D eigenvalue weighted by atomic mass is 32.1. The monoisotopic (exact) mass is 418 g/mol. The number of hydrogen-bond acceptors (Lipinski definition) is 6. The Morgan fingerprint density at radius 3 is 2.76 bits per heavy atom. The predicted octanol–water partition coefficient (Wildman–Crippen LogP) is 5.34. The van der Waals surface area contributed by atoms with Crippen LogP contribution < -0.4 is 10.1 Å². The molecule has 0 fully saturated rings. The van der Waals surface area contributed by atoms with Gasteiger partial charge in [-0.25, -0.2) is 4.98 Å². The van der Waals surface area contributed by atoms with Gasteiger partial charge in [-0.2, -0.15) is 0 Å². The zero-order chi connectivity index (χ0) is 21.2. The second-order valence-electron chi connectivity index (χ2n) is 7.37. The first-order chi connectivity index (χ1) is 13.9. The molecule has 158 valence electrons. The van der Waals surface area contributed by atoms with Gasteiger partial charge >= 0.3 is 5.97 Å². The van der Waals surface area contributed by atoms with Crippen LogP contribution in [0.5, 0.6) is 5.75 Å². The van der Waals surface area contributed by atoms with Gasteiger partial charge in [0, 0.05) is 6.42 Å². The molecule has 0 aliphatic carbocycles. The van der Waals surface area contributed by atoms with Gasteiger partial charge in [-0.15, -0.1) is 0 Å². The second-order valence-corrected chi connectivity index (χ2v) is 8.40. The van der Waals surface area contributed by atoms with Crippen molar-refractivity contribution in [1.29, 1.82) is 0 Å². The molecular weight excluding hydrogens is 388 g/mol. The zero-order valence-corrected chi connectivity index (χ0v) is 18.4. The summed E-state index contributed by atoms with van der Waals surface area (Å²) in [5.41, 5.74) is 2.12. The van der Waals surface area contributed by atoms with Crippen LogP contribution in [0, 0.1) is 5.92 Å². The van der Waals surface area contributed by atoms with Gasteiger partial charge in [-0.3, -0.25) is 9.59 Å².